The maximum Gasteiger partial charge on any atom is 0.328 e. The maximum atomic E-state index is 11.0. The number of hydrogen-bond donors (Lipinski definition) is 1. The predicted molar refractivity (Wildman–Crippen MR) is 51.3 cm³/mol. The molecule has 6 heteroatoms. The van der Waals surface area contributed by atoms with E-state index in [0.717, 1.165) is 16.3 Å². The van der Waals surface area contributed by atoms with Gasteiger partial charge in [0.05, 0.1) is 6.26 Å². The Morgan fingerprint density at radius 3 is 2.64 bits per heavy atom. The van der Waals surface area contributed by atoms with E-state index in [1.807, 2.05) is 0 Å². The second-order valence-corrected chi connectivity index (χ2v) is 4.60. The molecule has 0 aliphatic heterocycles. The highest BCUT2D eigenvalue weighted by Crippen LogP contribution is 2.05. The number of hydrogen-bond acceptors (Lipinski definition) is 3. The second-order valence-electron chi connectivity index (χ2n) is 2.71. The van der Waals surface area contributed by atoms with Gasteiger partial charge in [0.2, 0.25) is 10.0 Å². The molecular formula is C8H9NO4S. The lowest BCUT2D eigenvalue weighted by molar-refractivity contribution is -0.131. The average Bonchev–Trinajstić information content (AvgIpc) is 2.47. The summed E-state index contributed by atoms with van der Waals surface area (Å²) in [6.45, 7) is 0. The van der Waals surface area contributed by atoms with Gasteiger partial charge in [-0.2, -0.15) is 0 Å². The Kier molecular flexibility index (Phi) is 2.76. The summed E-state index contributed by atoms with van der Waals surface area (Å²) in [6.07, 6.45) is 6.04. The molecular weight excluding hydrogens is 206 g/mol. The van der Waals surface area contributed by atoms with Crippen molar-refractivity contribution in [2.24, 2.45) is 0 Å². The molecule has 0 atom stereocenters. The van der Waals surface area contributed by atoms with Gasteiger partial charge < -0.3 is 5.11 Å². The van der Waals surface area contributed by atoms with E-state index >= 15 is 0 Å². The van der Waals surface area contributed by atoms with Crippen LogP contribution in [0.5, 0.6) is 0 Å². The van der Waals surface area contributed by atoms with Crippen molar-refractivity contribution in [3.05, 3.63) is 30.1 Å². The first kappa shape index (κ1) is 10.5. The maximum absolute atomic E-state index is 11.0. The summed E-state index contributed by atoms with van der Waals surface area (Å²) >= 11 is 0. The predicted octanol–water partition coefficient (Wildman–Crippen LogP) is 0.394. The molecule has 0 saturated heterocycles. The zero-order chi connectivity index (χ0) is 10.8. The van der Waals surface area contributed by atoms with Crippen LogP contribution in [0.4, 0.5) is 0 Å². The fraction of sp³-hybridized carbons (Fsp3) is 0.125. The summed E-state index contributed by atoms with van der Waals surface area (Å²) in [5.41, 5.74) is 0.526. The van der Waals surface area contributed by atoms with Crippen molar-refractivity contribution in [3.63, 3.8) is 0 Å². The zero-order valence-corrected chi connectivity index (χ0v) is 8.23. The normalized spacial score (nSPS) is 12.1. The third kappa shape index (κ3) is 2.74. The Morgan fingerprint density at radius 1 is 1.57 bits per heavy atom. The number of nitrogens with zero attached hydrogens (tertiary/aromatic N) is 1. The Bertz CT molecular complexity index is 469. The van der Waals surface area contributed by atoms with Gasteiger partial charge in [0.1, 0.15) is 0 Å². The van der Waals surface area contributed by atoms with Crippen molar-refractivity contribution < 1.29 is 18.3 Å². The van der Waals surface area contributed by atoms with Gasteiger partial charge in [0.15, 0.2) is 0 Å². The van der Waals surface area contributed by atoms with Crippen molar-refractivity contribution in [3.8, 4) is 0 Å². The van der Waals surface area contributed by atoms with Crippen LogP contribution < -0.4 is 0 Å². The van der Waals surface area contributed by atoms with Crippen LogP contribution >= 0.6 is 0 Å². The fourth-order valence-corrected chi connectivity index (χ4v) is 1.46. The lowest BCUT2D eigenvalue weighted by Gasteiger charge is -1.95. The molecule has 0 unspecified atom stereocenters. The van der Waals surface area contributed by atoms with Crippen LogP contribution in [0.3, 0.4) is 0 Å². The van der Waals surface area contributed by atoms with Crippen molar-refractivity contribution in [1.29, 1.82) is 0 Å². The summed E-state index contributed by atoms with van der Waals surface area (Å²) < 4.78 is 23.0. The SMILES string of the molecule is CS(=O)(=O)n1ccc(C=CC(=O)O)c1. The highest BCUT2D eigenvalue weighted by atomic mass is 32.2. The highest BCUT2D eigenvalue weighted by Gasteiger charge is 2.03. The summed E-state index contributed by atoms with van der Waals surface area (Å²) in [4.78, 5) is 10.2. The number of aliphatic carboxylic acids is 1. The zero-order valence-electron chi connectivity index (χ0n) is 7.41. The third-order valence-electron chi connectivity index (χ3n) is 1.49. The van der Waals surface area contributed by atoms with E-state index in [4.69, 9.17) is 5.11 Å². The van der Waals surface area contributed by atoms with Crippen LogP contribution in [0.15, 0.2) is 24.5 Å². The molecule has 5 nitrogen and oxygen atoms in total. The summed E-state index contributed by atoms with van der Waals surface area (Å²) in [5.74, 6) is -1.07. The van der Waals surface area contributed by atoms with Gasteiger partial charge in [-0.1, -0.05) is 0 Å². The molecule has 0 aliphatic rings. The Balaban J connectivity index is 2.95. The molecule has 0 radical (unpaired) electrons. The van der Waals surface area contributed by atoms with Crippen molar-refractivity contribution in [2.75, 3.05) is 6.26 Å². The van der Waals surface area contributed by atoms with Crippen molar-refractivity contribution in [1.82, 2.24) is 3.97 Å². The van der Waals surface area contributed by atoms with Crippen LogP contribution in [-0.4, -0.2) is 29.7 Å². The van der Waals surface area contributed by atoms with Crippen molar-refractivity contribution >= 4 is 22.1 Å². The molecule has 1 rings (SSSR count). The van der Waals surface area contributed by atoms with E-state index in [-0.39, 0.29) is 0 Å². The van der Waals surface area contributed by atoms with Gasteiger partial charge in [0.25, 0.3) is 0 Å². The van der Waals surface area contributed by atoms with E-state index in [1.165, 1.54) is 24.5 Å². The van der Waals surface area contributed by atoms with E-state index in [1.54, 1.807) is 0 Å². The van der Waals surface area contributed by atoms with E-state index in [9.17, 15) is 13.2 Å². The molecule has 0 aromatic carbocycles. The molecule has 1 N–H and O–H groups in total. The fourth-order valence-electron chi connectivity index (χ4n) is 0.865. The number of carboxylic acid groups (broad SMARTS) is 1. The molecule has 0 amide bonds. The lowest BCUT2D eigenvalue weighted by Crippen LogP contribution is -2.06. The smallest absolute Gasteiger partial charge is 0.328 e. The molecule has 0 saturated carbocycles. The van der Waals surface area contributed by atoms with Crippen LogP contribution in [0.1, 0.15) is 5.56 Å². The van der Waals surface area contributed by atoms with Gasteiger partial charge in [0, 0.05) is 18.5 Å². The summed E-state index contributed by atoms with van der Waals surface area (Å²) in [5, 5.41) is 8.33. The Labute approximate surface area is 81.3 Å². The van der Waals surface area contributed by atoms with E-state index < -0.39 is 16.0 Å². The Hall–Kier alpha value is -1.56. The average molecular weight is 215 g/mol. The van der Waals surface area contributed by atoms with Crippen LogP contribution in [0.2, 0.25) is 0 Å². The topological polar surface area (TPSA) is 76.4 Å². The minimum Gasteiger partial charge on any atom is -0.478 e. The molecule has 14 heavy (non-hydrogen) atoms. The number of carboxylic acids is 1. The first-order chi connectivity index (χ1) is 6.39. The molecule has 1 heterocycles. The third-order valence-corrected chi connectivity index (χ3v) is 2.48. The van der Waals surface area contributed by atoms with Gasteiger partial charge in [-0.3, -0.25) is 3.97 Å². The number of carbonyl (C=O) groups is 1. The molecule has 0 aliphatic carbocycles. The van der Waals surface area contributed by atoms with Gasteiger partial charge in [-0.15, -0.1) is 0 Å². The van der Waals surface area contributed by atoms with Crippen molar-refractivity contribution in [2.45, 2.75) is 0 Å². The second kappa shape index (κ2) is 3.67. The Morgan fingerprint density at radius 2 is 2.21 bits per heavy atom. The number of rotatable bonds is 3. The summed E-state index contributed by atoms with van der Waals surface area (Å²) in [6, 6.07) is 1.51. The van der Waals surface area contributed by atoms with E-state index in [2.05, 4.69) is 0 Å². The number of aromatic nitrogens is 1. The van der Waals surface area contributed by atoms with Crippen LogP contribution in [0, 0.1) is 0 Å². The molecule has 1 aromatic heterocycles. The quantitative estimate of drug-likeness (QED) is 0.740. The standard InChI is InChI=1S/C8H9NO4S/c1-14(12,13)9-5-4-7(6-9)2-3-8(10)11/h2-6H,1H3,(H,10,11). The van der Waals surface area contributed by atoms with E-state index in [0.29, 0.717) is 5.56 Å². The molecule has 0 fully saturated rings. The molecule has 76 valence electrons. The van der Waals surface area contributed by atoms with Crippen LogP contribution in [-0.2, 0) is 14.8 Å². The van der Waals surface area contributed by atoms with Gasteiger partial charge in [-0.05, 0) is 17.7 Å². The first-order valence-corrected chi connectivity index (χ1v) is 5.54. The monoisotopic (exact) mass is 215 g/mol. The largest absolute Gasteiger partial charge is 0.478 e. The molecule has 0 spiro atoms. The van der Waals surface area contributed by atoms with Crippen LogP contribution in [0.25, 0.3) is 6.08 Å². The van der Waals surface area contributed by atoms with Gasteiger partial charge in [-0.25, -0.2) is 13.2 Å². The summed E-state index contributed by atoms with van der Waals surface area (Å²) in [7, 11) is -3.29. The minimum absolute atomic E-state index is 0.526. The van der Waals surface area contributed by atoms with Gasteiger partial charge >= 0.3 is 5.97 Å². The minimum atomic E-state index is -3.29. The first-order valence-electron chi connectivity index (χ1n) is 3.69. The lowest BCUT2D eigenvalue weighted by atomic mass is 10.3. The molecule has 1 aromatic rings. The highest BCUT2D eigenvalue weighted by molar-refractivity contribution is 7.89. The molecule has 0 bridgehead atoms.